The van der Waals surface area contributed by atoms with E-state index in [-0.39, 0.29) is 5.91 Å². The Bertz CT molecular complexity index is 359. The number of hydrazone groups is 1. The predicted molar refractivity (Wildman–Crippen MR) is 59.8 cm³/mol. The Morgan fingerprint density at radius 2 is 2.00 bits per heavy atom. The molecule has 0 fully saturated rings. The summed E-state index contributed by atoms with van der Waals surface area (Å²) in [6.45, 7) is 0.726. The van der Waals surface area contributed by atoms with Crippen LogP contribution in [0.2, 0.25) is 0 Å². The zero-order valence-electron chi connectivity index (χ0n) is 8.60. The lowest BCUT2D eigenvalue weighted by Crippen LogP contribution is -2.26. The van der Waals surface area contributed by atoms with Gasteiger partial charge < -0.3 is 0 Å². The lowest BCUT2D eigenvalue weighted by atomic mass is 10.2. The maximum Gasteiger partial charge on any atom is 0.273 e. The van der Waals surface area contributed by atoms with E-state index in [9.17, 15) is 4.79 Å². The van der Waals surface area contributed by atoms with Crippen LogP contribution in [0.4, 0.5) is 0 Å². The fraction of sp³-hybridized carbons (Fsp3) is 0.333. The monoisotopic (exact) mass is 202 g/mol. The number of rotatable bonds is 1. The second kappa shape index (κ2) is 4.73. The molecule has 1 aliphatic rings. The summed E-state index contributed by atoms with van der Waals surface area (Å²) in [5.41, 5.74) is 0.705. The summed E-state index contributed by atoms with van der Waals surface area (Å²) in [5.74, 6) is -0.00579. The van der Waals surface area contributed by atoms with Crippen LogP contribution in [0.25, 0.3) is 0 Å². The summed E-state index contributed by atoms with van der Waals surface area (Å²) in [5, 5.41) is 5.72. The normalized spacial score (nSPS) is 16.1. The highest BCUT2D eigenvalue weighted by atomic mass is 16.2. The van der Waals surface area contributed by atoms with Crippen LogP contribution in [0.15, 0.2) is 35.4 Å². The van der Waals surface area contributed by atoms with Crippen molar-refractivity contribution in [1.29, 1.82) is 0 Å². The molecule has 1 aliphatic heterocycles. The van der Waals surface area contributed by atoms with E-state index in [0.717, 1.165) is 25.8 Å². The third-order valence-electron chi connectivity index (χ3n) is 2.43. The molecular formula is C12H14N2O. The zero-order valence-corrected chi connectivity index (χ0v) is 8.60. The molecule has 1 heterocycles. The van der Waals surface area contributed by atoms with Crippen molar-refractivity contribution in [3.05, 3.63) is 35.9 Å². The molecule has 0 saturated heterocycles. The van der Waals surface area contributed by atoms with E-state index in [4.69, 9.17) is 0 Å². The third-order valence-corrected chi connectivity index (χ3v) is 2.43. The van der Waals surface area contributed by atoms with Gasteiger partial charge in [0.15, 0.2) is 0 Å². The molecule has 1 amide bonds. The summed E-state index contributed by atoms with van der Waals surface area (Å²) in [7, 11) is 0. The first-order valence-electron chi connectivity index (χ1n) is 5.27. The van der Waals surface area contributed by atoms with E-state index in [0.29, 0.717) is 5.56 Å². The lowest BCUT2D eigenvalue weighted by molar-refractivity contribution is 0.0762. The molecule has 0 atom stereocenters. The average Bonchev–Trinajstić information content (AvgIpc) is 2.58. The topological polar surface area (TPSA) is 32.7 Å². The molecule has 15 heavy (non-hydrogen) atoms. The first-order chi connectivity index (χ1) is 7.38. The molecule has 2 rings (SSSR count). The molecule has 0 spiro atoms. The molecule has 0 radical (unpaired) electrons. The van der Waals surface area contributed by atoms with Crippen LogP contribution in [0, 0.1) is 0 Å². The largest absolute Gasteiger partial charge is 0.273 e. The van der Waals surface area contributed by atoms with Gasteiger partial charge in [-0.15, -0.1) is 0 Å². The standard InChI is InChI=1S/C12H14N2O/c15-12(11-7-3-1-4-8-11)14-10-6-2-5-9-13-14/h1,3-4,7-9H,2,5-6,10H2. The maximum absolute atomic E-state index is 12.0. The Morgan fingerprint density at radius 1 is 1.20 bits per heavy atom. The number of carbonyl (C=O) groups is 1. The minimum absolute atomic E-state index is 0.00579. The van der Waals surface area contributed by atoms with Crippen molar-refractivity contribution < 1.29 is 4.79 Å². The fourth-order valence-corrected chi connectivity index (χ4v) is 1.59. The van der Waals surface area contributed by atoms with Gasteiger partial charge >= 0.3 is 0 Å². The van der Waals surface area contributed by atoms with Gasteiger partial charge in [-0.25, -0.2) is 5.01 Å². The molecule has 0 unspecified atom stereocenters. The highest BCUT2D eigenvalue weighted by Gasteiger charge is 2.14. The van der Waals surface area contributed by atoms with Gasteiger partial charge in [0.2, 0.25) is 0 Å². The first kappa shape index (κ1) is 9.90. The van der Waals surface area contributed by atoms with Crippen molar-refractivity contribution in [1.82, 2.24) is 5.01 Å². The minimum Gasteiger partial charge on any atom is -0.267 e. The average molecular weight is 202 g/mol. The number of hydrogen-bond donors (Lipinski definition) is 0. The second-order valence-electron chi connectivity index (χ2n) is 3.59. The first-order valence-corrected chi connectivity index (χ1v) is 5.27. The van der Waals surface area contributed by atoms with Gasteiger partial charge in [0.05, 0.1) is 0 Å². The quantitative estimate of drug-likeness (QED) is 0.687. The summed E-state index contributed by atoms with van der Waals surface area (Å²) in [6.07, 6.45) is 4.94. The summed E-state index contributed by atoms with van der Waals surface area (Å²) < 4.78 is 0. The Morgan fingerprint density at radius 3 is 2.80 bits per heavy atom. The van der Waals surface area contributed by atoms with Crippen molar-refractivity contribution in [3.8, 4) is 0 Å². The Hall–Kier alpha value is -1.64. The van der Waals surface area contributed by atoms with Crippen LogP contribution >= 0.6 is 0 Å². The van der Waals surface area contributed by atoms with Crippen LogP contribution in [-0.2, 0) is 0 Å². The molecule has 0 N–H and O–H groups in total. The van der Waals surface area contributed by atoms with Gasteiger partial charge in [-0.1, -0.05) is 18.2 Å². The SMILES string of the molecule is O=C(c1ccccc1)N1CCCCC=N1. The molecule has 3 heteroatoms. The Labute approximate surface area is 89.4 Å². The smallest absolute Gasteiger partial charge is 0.267 e. The third kappa shape index (κ3) is 2.43. The maximum atomic E-state index is 12.0. The van der Waals surface area contributed by atoms with Crippen LogP contribution in [0.3, 0.4) is 0 Å². The molecule has 0 saturated carbocycles. The van der Waals surface area contributed by atoms with Crippen LogP contribution in [0.1, 0.15) is 29.6 Å². The molecular weight excluding hydrogens is 188 g/mol. The van der Waals surface area contributed by atoms with Gasteiger partial charge in [-0.3, -0.25) is 4.79 Å². The van der Waals surface area contributed by atoms with E-state index in [2.05, 4.69) is 5.10 Å². The molecule has 1 aromatic rings. The van der Waals surface area contributed by atoms with Crippen molar-refractivity contribution in [3.63, 3.8) is 0 Å². The number of hydrogen-bond acceptors (Lipinski definition) is 2. The Kier molecular flexibility index (Phi) is 3.12. The number of carbonyl (C=O) groups excluding carboxylic acids is 1. The van der Waals surface area contributed by atoms with E-state index in [1.54, 1.807) is 5.01 Å². The Balaban J connectivity index is 2.13. The van der Waals surface area contributed by atoms with E-state index in [1.165, 1.54) is 0 Å². The second-order valence-corrected chi connectivity index (χ2v) is 3.59. The van der Waals surface area contributed by atoms with Crippen molar-refractivity contribution >= 4 is 12.1 Å². The van der Waals surface area contributed by atoms with E-state index >= 15 is 0 Å². The van der Waals surface area contributed by atoms with Crippen LogP contribution < -0.4 is 0 Å². The molecule has 0 aliphatic carbocycles. The van der Waals surface area contributed by atoms with E-state index in [1.807, 2.05) is 36.5 Å². The molecule has 3 nitrogen and oxygen atoms in total. The lowest BCUT2D eigenvalue weighted by Gasteiger charge is -2.14. The summed E-state index contributed by atoms with van der Waals surface area (Å²) >= 11 is 0. The predicted octanol–water partition coefficient (Wildman–Crippen LogP) is 2.30. The van der Waals surface area contributed by atoms with Crippen LogP contribution in [-0.4, -0.2) is 23.7 Å². The van der Waals surface area contributed by atoms with Crippen molar-refractivity contribution in [2.75, 3.05) is 6.54 Å². The van der Waals surface area contributed by atoms with Crippen molar-refractivity contribution in [2.24, 2.45) is 5.10 Å². The highest BCUT2D eigenvalue weighted by molar-refractivity contribution is 5.94. The van der Waals surface area contributed by atoms with Gasteiger partial charge in [-0.05, 0) is 31.4 Å². The van der Waals surface area contributed by atoms with Crippen molar-refractivity contribution in [2.45, 2.75) is 19.3 Å². The van der Waals surface area contributed by atoms with E-state index < -0.39 is 0 Å². The van der Waals surface area contributed by atoms with Gasteiger partial charge in [0.1, 0.15) is 0 Å². The minimum atomic E-state index is -0.00579. The zero-order chi connectivity index (χ0) is 10.5. The number of benzene rings is 1. The molecule has 0 aromatic heterocycles. The van der Waals surface area contributed by atoms with Crippen LogP contribution in [0.5, 0.6) is 0 Å². The van der Waals surface area contributed by atoms with Gasteiger partial charge in [0.25, 0.3) is 5.91 Å². The van der Waals surface area contributed by atoms with Gasteiger partial charge in [0, 0.05) is 18.3 Å². The fourth-order valence-electron chi connectivity index (χ4n) is 1.59. The molecule has 0 bridgehead atoms. The summed E-state index contributed by atoms with van der Waals surface area (Å²) in [4.78, 5) is 12.0. The number of amides is 1. The molecule has 78 valence electrons. The highest BCUT2D eigenvalue weighted by Crippen LogP contribution is 2.09. The molecule has 1 aromatic carbocycles. The number of nitrogens with zero attached hydrogens (tertiary/aromatic N) is 2. The summed E-state index contributed by atoms with van der Waals surface area (Å²) in [6, 6.07) is 9.29. The van der Waals surface area contributed by atoms with Gasteiger partial charge in [-0.2, -0.15) is 5.10 Å².